The second-order valence-electron chi connectivity index (χ2n) is 5.76. The summed E-state index contributed by atoms with van der Waals surface area (Å²) in [5, 5.41) is 6.70. The Kier molecular flexibility index (Phi) is 9.75. The molecule has 0 saturated carbocycles. The number of unbranched alkanes of at least 4 members (excludes halogenated alkanes) is 3. The molecule has 0 aliphatic heterocycles. The van der Waals surface area contributed by atoms with Gasteiger partial charge in [0.1, 0.15) is 12.4 Å². The molecule has 0 fully saturated rings. The standard InChI is InChI=1S/C18H29N5.HI/c1-4-6-7-10-13-20-18(19-5-2)21-14-17-22-15-11-8-9-12-16(15)23(17)3;/h8-9,11-12H,4-7,10,13-14H2,1-3H3,(H2,19,20,21);1H. The molecule has 5 nitrogen and oxygen atoms in total. The topological polar surface area (TPSA) is 54.2 Å². The smallest absolute Gasteiger partial charge is 0.191 e. The van der Waals surface area contributed by atoms with Gasteiger partial charge < -0.3 is 15.2 Å². The van der Waals surface area contributed by atoms with Crippen LogP contribution in [0.3, 0.4) is 0 Å². The third-order valence-electron chi connectivity index (χ3n) is 3.93. The van der Waals surface area contributed by atoms with Gasteiger partial charge in [0.25, 0.3) is 0 Å². The van der Waals surface area contributed by atoms with Crippen LogP contribution in [0.1, 0.15) is 45.4 Å². The molecular formula is C18H30IN5. The van der Waals surface area contributed by atoms with E-state index in [1.165, 1.54) is 25.7 Å². The van der Waals surface area contributed by atoms with Crippen LogP contribution in [0.15, 0.2) is 29.3 Å². The van der Waals surface area contributed by atoms with Gasteiger partial charge in [-0.15, -0.1) is 24.0 Å². The second kappa shape index (κ2) is 11.3. The summed E-state index contributed by atoms with van der Waals surface area (Å²) >= 11 is 0. The van der Waals surface area contributed by atoms with E-state index in [4.69, 9.17) is 0 Å². The number of hydrogen-bond acceptors (Lipinski definition) is 2. The van der Waals surface area contributed by atoms with E-state index in [9.17, 15) is 0 Å². The fourth-order valence-corrected chi connectivity index (χ4v) is 2.59. The van der Waals surface area contributed by atoms with E-state index in [2.05, 4.69) is 45.1 Å². The molecule has 1 heterocycles. The van der Waals surface area contributed by atoms with E-state index in [0.717, 1.165) is 35.9 Å². The second-order valence-corrected chi connectivity index (χ2v) is 5.76. The maximum atomic E-state index is 4.67. The largest absolute Gasteiger partial charge is 0.357 e. The van der Waals surface area contributed by atoms with Crippen molar-refractivity contribution in [1.29, 1.82) is 0 Å². The first-order valence-electron chi connectivity index (χ1n) is 8.68. The molecule has 6 heteroatoms. The summed E-state index contributed by atoms with van der Waals surface area (Å²) in [6.07, 6.45) is 5.02. The average molecular weight is 443 g/mol. The van der Waals surface area contributed by atoms with Crippen molar-refractivity contribution in [2.45, 2.75) is 46.1 Å². The number of aromatic nitrogens is 2. The molecule has 134 valence electrons. The van der Waals surface area contributed by atoms with E-state index in [-0.39, 0.29) is 24.0 Å². The fraction of sp³-hybridized carbons (Fsp3) is 0.556. The maximum absolute atomic E-state index is 4.67. The minimum atomic E-state index is 0. The molecule has 2 rings (SSSR count). The zero-order chi connectivity index (χ0) is 16.5. The number of fused-ring (bicyclic) bond motifs is 1. The molecule has 0 aliphatic rings. The van der Waals surface area contributed by atoms with Gasteiger partial charge in [-0.1, -0.05) is 38.3 Å². The molecule has 1 aromatic heterocycles. The number of rotatable bonds is 8. The highest BCUT2D eigenvalue weighted by molar-refractivity contribution is 14.0. The Labute approximate surface area is 162 Å². The highest BCUT2D eigenvalue weighted by Crippen LogP contribution is 2.14. The van der Waals surface area contributed by atoms with Gasteiger partial charge in [0.05, 0.1) is 11.0 Å². The Hall–Kier alpha value is -1.31. The summed E-state index contributed by atoms with van der Waals surface area (Å²) in [4.78, 5) is 9.33. The third-order valence-corrected chi connectivity index (χ3v) is 3.93. The molecule has 0 amide bonds. The van der Waals surface area contributed by atoms with Gasteiger partial charge in [0.15, 0.2) is 5.96 Å². The number of benzene rings is 1. The number of nitrogens with zero attached hydrogens (tertiary/aromatic N) is 3. The lowest BCUT2D eigenvalue weighted by molar-refractivity contribution is 0.646. The lowest BCUT2D eigenvalue weighted by Crippen LogP contribution is -2.37. The number of aliphatic imine (C=N–C) groups is 1. The molecular weight excluding hydrogens is 413 g/mol. The maximum Gasteiger partial charge on any atom is 0.191 e. The zero-order valence-electron chi connectivity index (χ0n) is 15.0. The van der Waals surface area contributed by atoms with Crippen LogP contribution in [-0.4, -0.2) is 28.6 Å². The van der Waals surface area contributed by atoms with Gasteiger partial charge in [0.2, 0.25) is 0 Å². The Morgan fingerprint density at radius 1 is 1.12 bits per heavy atom. The number of para-hydroxylation sites is 2. The molecule has 0 spiro atoms. The number of hydrogen-bond donors (Lipinski definition) is 2. The van der Waals surface area contributed by atoms with Gasteiger partial charge in [-0.25, -0.2) is 9.98 Å². The first kappa shape index (κ1) is 20.7. The van der Waals surface area contributed by atoms with Crippen molar-refractivity contribution >= 4 is 41.0 Å². The molecule has 1 aromatic carbocycles. The number of imidazole rings is 1. The van der Waals surface area contributed by atoms with Crippen LogP contribution in [0.4, 0.5) is 0 Å². The van der Waals surface area contributed by atoms with Crippen molar-refractivity contribution in [2.24, 2.45) is 12.0 Å². The summed E-state index contributed by atoms with van der Waals surface area (Å²) in [5.41, 5.74) is 2.17. The van der Waals surface area contributed by atoms with Gasteiger partial charge >= 0.3 is 0 Å². The molecule has 0 saturated heterocycles. The van der Waals surface area contributed by atoms with E-state index in [1.807, 2.05) is 25.2 Å². The SMILES string of the molecule is CCCCCCNC(=NCc1nc2ccccc2n1C)NCC.I. The predicted octanol–water partition coefficient (Wildman–Crippen LogP) is 3.83. The lowest BCUT2D eigenvalue weighted by atomic mass is 10.2. The minimum Gasteiger partial charge on any atom is -0.357 e. The van der Waals surface area contributed by atoms with Gasteiger partial charge in [-0.05, 0) is 25.5 Å². The van der Waals surface area contributed by atoms with Crippen LogP contribution in [0.25, 0.3) is 11.0 Å². The van der Waals surface area contributed by atoms with Gasteiger partial charge in [-0.2, -0.15) is 0 Å². The third kappa shape index (κ3) is 5.96. The normalized spacial score (nSPS) is 11.4. The molecule has 2 N–H and O–H groups in total. The average Bonchev–Trinajstić information content (AvgIpc) is 2.89. The molecule has 2 aromatic rings. The van der Waals surface area contributed by atoms with Crippen LogP contribution in [-0.2, 0) is 13.6 Å². The van der Waals surface area contributed by atoms with Crippen molar-refractivity contribution in [3.63, 3.8) is 0 Å². The number of nitrogens with one attached hydrogen (secondary N) is 2. The van der Waals surface area contributed by atoms with Crippen LogP contribution in [0, 0.1) is 0 Å². The lowest BCUT2D eigenvalue weighted by Gasteiger charge is -2.11. The molecule has 0 unspecified atom stereocenters. The fourth-order valence-electron chi connectivity index (χ4n) is 2.59. The number of aryl methyl sites for hydroxylation is 1. The van der Waals surface area contributed by atoms with E-state index < -0.39 is 0 Å². The van der Waals surface area contributed by atoms with E-state index in [0.29, 0.717) is 6.54 Å². The van der Waals surface area contributed by atoms with Crippen LogP contribution >= 0.6 is 24.0 Å². The summed E-state index contributed by atoms with van der Waals surface area (Å²) in [5.74, 6) is 1.85. The summed E-state index contributed by atoms with van der Waals surface area (Å²) in [7, 11) is 2.05. The summed E-state index contributed by atoms with van der Waals surface area (Å²) in [6.45, 7) is 6.73. The van der Waals surface area contributed by atoms with Crippen LogP contribution in [0.2, 0.25) is 0 Å². The zero-order valence-corrected chi connectivity index (χ0v) is 17.3. The molecule has 24 heavy (non-hydrogen) atoms. The Bertz CT molecular complexity index is 635. The highest BCUT2D eigenvalue weighted by atomic mass is 127. The first-order chi connectivity index (χ1) is 11.3. The van der Waals surface area contributed by atoms with Crippen molar-refractivity contribution in [1.82, 2.24) is 20.2 Å². The molecule has 0 radical (unpaired) electrons. The quantitative estimate of drug-likeness (QED) is 0.282. The number of guanidine groups is 1. The number of halogens is 1. The Morgan fingerprint density at radius 3 is 2.62 bits per heavy atom. The summed E-state index contributed by atoms with van der Waals surface area (Å²) in [6, 6.07) is 8.19. The molecule has 0 atom stereocenters. The Morgan fingerprint density at radius 2 is 1.92 bits per heavy atom. The molecule has 0 bridgehead atoms. The summed E-state index contributed by atoms with van der Waals surface area (Å²) < 4.78 is 2.11. The van der Waals surface area contributed by atoms with Crippen molar-refractivity contribution < 1.29 is 0 Å². The van der Waals surface area contributed by atoms with Gasteiger partial charge in [0, 0.05) is 20.1 Å². The van der Waals surface area contributed by atoms with Gasteiger partial charge in [-0.3, -0.25) is 0 Å². The van der Waals surface area contributed by atoms with E-state index >= 15 is 0 Å². The molecule has 0 aliphatic carbocycles. The Balaban J connectivity index is 0.00000288. The van der Waals surface area contributed by atoms with Crippen LogP contribution < -0.4 is 10.6 Å². The van der Waals surface area contributed by atoms with E-state index in [1.54, 1.807) is 0 Å². The first-order valence-corrected chi connectivity index (χ1v) is 8.68. The van der Waals surface area contributed by atoms with Crippen molar-refractivity contribution in [3.8, 4) is 0 Å². The van der Waals surface area contributed by atoms with Crippen molar-refractivity contribution in [2.75, 3.05) is 13.1 Å². The van der Waals surface area contributed by atoms with Crippen LogP contribution in [0.5, 0.6) is 0 Å². The monoisotopic (exact) mass is 443 g/mol. The minimum absolute atomic E-state index is 0. The highest BCUT2D eigenvalue weighted by Gasteiger charge is 2.06. The van der Waals surface area contributed by atoms with Crippen molar-refractivity contribution in [3.05, 3.63) is 30.1 Å². The predicted molar refractivity (Wildman–Crippen MR) is 113 cm³/mol.